The van der Waals surface area contributed by atoms with Crippen LogP contribution in [0.1, 0.15) is 22.2 Å². The van der Waals surface area contributed by atoms with E-state index in [2.05, 4.69) is 10.0 Å². The minimum absolute atomic E-state index is 0.0583. The van der Waals surface area contributed by atoms with Crippen LogP contribution in [0.5, 0.6) is 5.75 Å². The molecule has 3 rings (SSSR count). The number of hydrogen-bond donors (Lipinski definition) is 2. The topological polar surface area (TPSA) is 84.5 Å². The Morgan fingerprint density at radius 2 is 1.90 bits per heavy atom. The van der Waals surface area contributed by atoms with Gasteiger partial charge in [0.25, 0.3) is 15.9 Å². The van der Waals surface area contributed by atoms with E-state index in [1.807, 2.05) is 24.4 Å². The molecule has 0 fully saturated rings. The Kier molecular flexibility index (Phi) is 6.79. The van der Waals surface area contributed by atoms with Crippen LogP contribution in [0, 0.1) is 0 Å². The molecule has 0 atom stereocenters. The number of benzene rings is 2. The number of rotatable bonds is 8. The molecule has 2 aromatic carbocycles. The third kappa shape index (κ3) is 5.50. The lowest BCUT2D eigenvalue weighted by molar-refractivity contribution is 0.0951. The Morgan fingerprint density at radius 3 is 2.55 bits per heavy atom. The SMILES string of the molecule is CCOc1ccc(NS(=O)(=O)c2ccc(Cl)c(C(=O)NCc3cccs3)c2)cc1. The molecule has 0 saturated heterocycles. The first-order valence-electron chi connectivity index (χ1n) is 8.75. The average Bonchev–Trinajstić information content (AvgIpc) is 3.21. The minimum Gasteiger partial charge on any atom is -0.494 e. The lowest BCUT2D eigenvalue weighted by Gasteiger charge is -2.11. The molecular weight excluding hydrogens is 432 g/mol. The van der Waals surface area contributed by atoms with Gasteiger partial charge in [-0.1, -0.05) is 17.7 Å². The number of amides is 1. The molecule has 6 nitrogen and oxygen atoms in total. The average molecular weight is 451 g/mol. The van der Waals surface area contributed by atoms with Crippen molar-refractivity contribution >= 4 is 44.6 Å². The quantitative estimate of drug-likeness (QED) is 0.528. The highest BCUT2D eigenvalue weighted by Gasteiger charge is 2.19. The van der Waals surface area contributed by atoms with Crippen molar-refractivity contribution in [2.45, 2.75) is 18.4 Å². The zero-order valence-electron chi connectivity index (χ0n) is 15.5. The highest BCUT2D eigenvalue weighted by atomic mass is 35.5. The van der Waals surface area contributed by atoms with Gasteiger partial charge in [0.2, 0.25) is 0 Å². The van der Waals surface area contributed by atoms with E-state index in [4.69, 9.17) is 16.3 Å². The van der Waals surface area contributed by atoms with Crippen LogP contribution in [-0.2, 0) is 16.6 Å². The summed E-state index contributed by atoms with van der Waals surface area (Å²) in [5, 5.41) is 4.83. The van der Waals surface area contributed by atoms with E-state index < -0.39 is 15.9 Å². The van der Waals surface area contributed by atoms with Crippen LogP contribution in [0.3, 0.4) is 0 Å². The molecule has 0 saturated carbocycles. The lowest BCUT2D eigenvalue weighted by Crippen LogP contribution is -2.23. The second kappa shape index (κ2) is 9.30. The van der Waals surface area contributed by atoms with Crippen molar-refractivity contribution in [3.63, 3.8) is 0 Å². The molecule has 1 aromatic heterocycles. The number of halogens is 1. The number of nitrogens with one attached hydrogen (secondary N) is 2. The maximum absolute atomic E-state index is 12.7. The van der Waals surface area contributed by atoms with Crippen LogP contribution >= 0.6 is 22.9 Å². The number of sulfonamides is 1. The second-order valence-corrected chi connectivity index (χ2v) is 9.09. The third-order valence-corrected chi connectivity index (χ3v) is 6.50. The highest BCUT2D eigenvalue weighted by Crippen LogP contribution is 2.24. The number of hydrogen-bond acceptors (Lipinski definition) is 5. The van der Waals surface area contributed by atoms with E-state index in [-0.39, 0.29) is 15.5 Å². The summed E-state index contributed by atoms with van der Waals surface area (Å²) in [5.74, 6) is 0.202. The van der Waals surface area contributed by atoms with Gasteiger partial charge in [-0.3, -0.25) is 9.52 Å². The van der Waals surface area contributed by atoms with Gasteiger partial charge in [0.1, 0.15) is 5.75 Å². The number of carbonyl (C=O) groups is 1. The molecule has 1 heterocycles. The minimum atomic E-state index is -3.90. The summed E-state index contributed by atoms with van der Waals surface area (Å²) in [6.07, 6.45) is 0. The van der Waals surface area contributed by atoms with E-state index in [0.29, 0.717) is 24.6 Å². The zero-order chi connectivity index (χ0) is 20.9. The van der Waals surface area contributed by atoms with Crippen molar-refractivity contribution < 1.29 is 17.9 Å². The smallest absolute Gasteiger partial charge is 0.261 e. The van der Waals surface area contributed by atoms with Crippen molar-refractivity contribution in [1.29, 1.82) is 0 Å². The fraction of sp³-hybridized carbons (Fsp3) is 0.150. The molecule has 0 unspecified atom stereocenters. The van der Waals surface area contributed by atoms with Crippen molar-refractivity contribution in [3.8, 4) is 5.75 Å². The monoisotopic (exact) mass is 450 g/mol. The van der Waals surface area contributed by atoms with Gasteiger partial charge >= 0.3 is 0 Å². The Morgan fingerprint density at radius 1 is 1.14 bits per heavy atom. The molecule has 1 amide bonds. The van der Waals surface area contributed by atoms with Gasteiger partial charge in [0.15, 0.2) is 0 Å². The molecule has 9 heteroatoms. The molecular formula is C20H19ClN2O4S2. The zero-order valence-corrected chi connectivity index (χ0v) is 17.9. The van der Waals surface area contributed by atoms with Crippen molar-refractivity contribution in [2.75, 3.05) is 11.3 Å². The molecule has 152 valence electrons. The molecule has 2 N–H and O–H groups in total. The van der Waals surface area contributed by atoms with Gasteiger partial charge in [-0.05, 0) is 60.8 Å². The van der Waals surface area contributed by atoms with Gasteiger partial charge in [-0.15, -0.1) is 11.3 Å². The first kappa shape index (κ1) is 21.2. The molecule has 0 spiro atoms. The van der Waals surface area contributed by atoms with Gasteiger partial charge in [0.05, 0.1) is 28.6 Å². The molecule has 0 radical (unpaired) electrons. The maximum atomic E-state index is 12.7. The Labute approximate surface area is 178 Å². The molecule has 0 aliphatic heterocycles. The largest absolute Gasteiger partial charge is 0.494 e. The van der Waals surface area contributed by atoms with Crippen LogP contribution in [-0.4, -0.2) is 20.9 Å². The Hall–Kier alpha value is -2.55. The van der Waals surface area contributed by atoms with E-state index in [1.54, 1.807) is 24.3 Å². The number of carbonyl (C=O) groups excluding carboxylic acids is 1. The number of thiophene rings is 1. The lowest BCUT2D eigenvalue weighted by atomic mass is 10.2. The Bertz CT molecular complexity index is 1080. The van der Waals surface area contributed by atoms with Crippen molar-refractivity contribution in [1.82, 2.24) is 5.32 Å². The first-order chi connectivity index (χ1) is 13.9. The molecule has 0 aliphatic carbocycles. The fourth-order valence-corrected chi connectivity index (χ4v) is 4.45. The first-order valence-corrected chi connectivity index (χ1v) is 11.5. The predicted octanol–water partition coefficient (Wildman–Crippen LogP) is 4.53. The maximum Gasteiger partial charge on any atom is 0.261 e. The summed E-state index contributed by atoms with van der Waals surface area (Å²) in [7, 11) is -3.90. The van der Waals surface area contributed by atoms with Gasteiger partial charge < -0.3 is 10.1 Å². The normalized spacial score (nSPS) is 11.1. The van der Waals surface area contributed by atoms with Crippen LogP contribution in [0.4, 0.5) is 5.69 Å². The summed E-state index contributed by atoms with van der Waals surface area (Å²) in [4.78, 5) is 13.4. The molecule has 0 aliphatic rings. The van der Waals surface area contributed by atoms with Crippen LogP contribution in [0.25, 0.3) is 0 Å². The second-order valence-electron chi connectivity index (χ2n) is 5.97. The van der Waals surface area contributed by atoms with Crippen molar-refractivity contribution in [3.05, 3.63) is 75.4 Å². The van der Waals surface area contributed by atoms with E-state index in [0.717, 1.165) is 4.88 Å². The third-order valence-electron chi connectivity index (χ3n) is 3.91. The number of anilines is 1. The summed E-state index contributed by atoms with van der Waals surface area (Å²) in [6.45, 7) is 2.73. The van der Waals surface area contributed by atoms with E-state index in [9.17, 15) is 13.2 Å². The summed E-state index contributed by atoms with van der Waals surface area (Å²) < 4.78 is 33.3. The van der Waals surface area contributed by atoms with Gasteiger partial charge in [0, 0.05) is 10.6 Å². The van der Waals surface area contributed by atoms with Crippen LogP contribution in [0.2, 0.25) is 5.02 Å². The Balaban J connectivity index is 1.76. The van der Waals surface area contributed by atoms with Crippen LogP contribution in [0.15, 0.2) is 64.9 Å². The highest BCUT2D eigenvalue weighted by molar-refractivity contribution is 7.92. The summed E-state index contributed by atoms with van der Waals surface area (Å²) in [6, 6.07) is 14.4. The van der Waals surface area contributed by atoms with E-state index >= 15 is 0 Å². The van der Waals surface area contributed by atoms with Crippen LogP contribution < -0.4 is 14.8 Å². The van der Waals surface area contributed by atoms with Gasteiger partial charge in [-0.25, -0.2) is 8.42 Å². The fourth-order valence-electron chi connectivity index (χ4n) is 2.52. The summed E-state index contributed by atoms with van der Waals surface area (Å²) >= 11 is 7.64. The summed E-state index contributed by atoms with van der Waals surface area (Å²) in [5.41, 5.74) is 0.477. The molecule has 29 heavy (non-hydrogen) atoms. The number of ether oxygens (including phenoxy) is 1. The molecule has 0 bridgehead atoms. The predicted molar refractivity (Wildman–Crippen MR) is 115 cm³/mol. The van der Waals surface area contributed by atoms with Gasteiger partial charge in [-0.2, -0.15) is 0 Å². The molecule has 3 aromatic rings. The standard InChI is InChI=1S/C20H19ClN2O4S2/c1-2-27-15-7-5-14(6-8-15)23-29(25,26)17-9-10-19(21)18(12-17)20(24)22-13-16-4-3-11-28-16/h3-12,23H,2,13H2,1H3,(H,22,24). The van der Waals surface area contributed by atoms with E-state index in [1.165, 1.54) is 29.5 Å². The van der Waals surface area contributed by atoms with Crippen molar-refractivity contribution in [2.24, 2.45) is 0 Å².